The highest BCUT2D eigenvalue weighted by Gasteiger charge is 2.73. The zero-order chi connectivity index (χ0) is 26.9. The van der Waals surface area contributed by atoms with Gasteiger partial charge in [0, 0.05) is 24.8 Å². The fraction of sp³-hybridized carbons (Fsp3) is 0.581. The molecule has 2 aliphatic heterocycles. The van der Waals surface area contributed by atoms with E-state index < -0.39 is 22.7 Å². The van der Waals surface area contributed by atoms with E-state index in [1.165, 1.54) is 5.56 Å². The Kier molecular flexibility index (Phi) is 6.05. The van der Waals surface area contributed by atoms with E-state index in [2.05, 4.69) is 23.3 Å². The molecule has 1 unspecified atom stereocenters. The summed E-state index contributed by atoms with van der Waals surface area (Å²) < 4.78 is 19.2. The van der Waals surface area contributed by atoms with Gasteiger partial charge in [-0.1, -0.05) is 36.4 Å². The Morgan fingerprint density at radius 2 is 1.97 bits per heavy atom. The maximum absolute atomic E-state index is 13.5. The summed E-state index contributed by atoms with van der Waals surface area (Å²) in [5, 5.41) is 14.6. The highest BCUT2D eigenvalue weighted by atomic mass is 16.6. The predicted octanol–water partition coefficient (Wildman–Crippen LogP) is 3.74. The second kappa shape index (κ2) is 8.97. The van der Waals surface area contributed by atoms with E-state index in [1.807, 2.05) is 58.2 Å². The van der Waals surface area contributed by atoms with E-state index in [1.54, 1.807) is 6.07 Å². The number of methoxy groups -OCH3 is 1. The molecule has 2 heterocycles. The standard InChI is InChI=1S/C31H40N2O5/c1-29(2,3)38-28(35)22(17-19-9-7-6-8-10-19)32-21-13-14-31(36-5)24-18-20-11-12-23(34)26-25(20)30(31,27(21)37-26)15-16-33(24)4/h6-12,21-22,24,27,32,34H,13-18H2,1-5H3/t21-,22-,24?,27-,30-,31+/m0/s1. The molecule has 2 aromatic rings. The molecule has 7 heteroatoms. The van der Waals surface area contributed by atoms with E-state index in [9.17, 15) is 9.90 Å². The van der Waals surface area contributed by atoms with Crippen LogP contribution in [0.4, 0.5) is 0 Å². The van der Waals surface area contributed by atoms with Crippen LogP contribution in [0.5, 0.6) is 11.5 Å². The molecule has 38 heavy (non-hydrogen) atoms. The number of carbonyl (C=O) groups excluding carboxylic acids is 1. The third kappa shape index (κ3) is 3.69. The number of carbonyl (C=O) groups is 1. The number of phenolic OH excluding ortho intramolecular Hbond substituents is 1. The lowest BCUT2D eigenvalue weighted by Gasteiger charge is -2.65. The van der Waals surface area contributed by atoms with Gasteiger partial charge in [0.25, 0.3) is 0 Å². The number of rotatable bonds is 6. The lowest BCUT2D eigenvalue weighted by Crippen LogP contribution is -2.78. The summed E-state index contributed by atoms with van der Waals surface area (Å²) in [4.78, 5) is 15.9. The van der Waals surface area contributed by atoms with Crippen molar-refractivity contribution < 1.29 is 24.1 Å². The summed E-state index contributed by atoms with van der Waals surface area (Å²) in [5.74, 6) is 0.524. The molecule has 1 saturated carbocycles. The molecule has 0 aromatic heterocycles. The quantitative estimate of drug-likeness (QED) is 0.562. The van der Waals surface area contributed by atoms with Gasteiger partial charge in [0.15, 0.2) is 11.5 Å². The average Bonchev–Trinajstić information content (AvgIpc) is 3.24. The Morgan fingerprint density at radius 1 is 1.21 bits per heavy atom. The number of nitrogens with zero attached hydrogens (tertiary/aromatic N) is 1. The van der Waals surface area contributed by atoms with Crippen LogP contribution in [0, 0.1) is 0 Å². The van der Waals surface area contributed by atoms with Gasteiger partial charge in [0.05, 0.1) is 11.0 Å². The van der Waals surface area contributed by atoms with Crippen LogP contribution in [0.2, 0.25) is 0 Å². The van der Waals surface area contributed by atoms with E-state index in [-0.39, 0.29) is 29.9 Å². The zero-order valence-corrected chi connectivity index (χ0v) is 23.1. The predicted molar refractivity (Wildman–Crippen MR) is 145 cm³/mol. The van der Waals surface area contributed by atoms with Crippen LogP contribution in [-0.4, -0.2) is 72.1 Å². The summed E-state index contributed by atoms with van der Waals surface area (Å²) in [6.07, 6.45) is 3.64. The molecule has 204 valence electrons. The molecule has 6 rings (SSSR count). The molecule has 1 spiro atoms. The molecule has 2 bridgehead atoms. The van der Waals surface area contributed by atoms with Crippen molar-refractivity contribution in [2.75, 3.05) is 20.7 Å². The smallest absolute Gasteiger partial charge is 0.324 e. The topological polar surface area (TPSA) is 80.3 Å². The molecule has 0 radical (unpaired) electrons. The molecular formula is C31H40N2O5. The second-order valence-corrected chi connectivity index (χ2v) is 12.6. The second-order valence-electron chi connectivity index (χ2n) is 12.6. The number of likely N-dealkylation sites (N-methyl/N-ethyl adjacent to an activating group) is 1. The minimum Gasteiger partial charge on any atom is -0.504 e. The van der Waals surface area contributed by atoms with Crippen molar-refractivity contribution in [1.29, 1.82) is 0 Å². The molecule has 2 aromatic carbocycles. The van der Waals surface area contributed by atoms with Crippen LogP contribution < -0.4 is 10.1 Å². The van der Waals surface area contributed by atoms with Crippen molar-refractivity contribution in [2.24, 2.45) is 0 Å². The number of esters is 1. The van der Waals surface area contributed by atoms with Crippen LogP contribution in [0.1, 0.15) is 56.7 Å². The van der Waals surface area contributed by atoms with E-state index >= 15 is 0 Å². The lowest BCUT2D eigenvalue weighted by molar-refractivity contribution is -0.204. The van der Waals surface area contributed by atoms with E-state index in [4.69, 9.17) is 14.2 Å². The maximum Gasteiger partial charge on any atom is 0.324 e. The number of likely N-dealkylation sites (tertiary alicyclic amines) is 1. The van der Waals surface area contributed by atoms with Crippen LogP contribution >= 0.6 is 0 Å². The molecule has 0 amide bonds. The Balaban J connectivity index is 1.40. The summed E-state index contributed by atoms with van der Waals surface area (Å²) in [7, 11) is 4.03. The van der Waals surface area contributed by atoms with Crippen molar-refractivity contribution in [2.45, 2.75) is 93.7 Å². The van der Waals surface area contributed by atoms with Gasteiger partial charge in [-0.3, -0.25) is 10.1 Å². The van der Waals surface area contributed by atoms with Crippen LogP contribution in [0.15, 0.2) is 42.5 Å². The molecule has 2 N–H and O–H groups in total. The Morgan fingerprint density at radius 3 is 2.68 bits per heavy atom. The highest BCUT2D eigenvalue weighted by Crippen LogP contribution is 2.66. The fourth-order valence-corrected chi connectivity index (χ4v) is 8.00. The Labute approximate surface area is 225 Å². The highest BCUT2D eigenvalue weighted by molar-refractivity contribution is 5.77. The third-order valence-electron chi connectivity index (χ3n) is 9.44. The summed E-state index contributed by atoms with van der Waals surface area (Å²) >= 11 is 0. The first-order chi connectivity index (χ1) is 18.1. The molecule has 4 aliphatic rings. The van der Waals surface area contributed by atoms with Crippen molar-refractivity contribution in [1.82, 2.24) is 10.2 Å². The van der Waals surface area contributed by atoms with Crippen LogP contribution in [-0.2, 0) is 32.5 Å². The van der Waals surface area contributed by atoms with Crippen molar-refractivity contribution >= 4 is 5.97 Å². The average molecular weight is 521 g/mol. The largest absolute Gasteiger partial charge is 0.504 e. The lowest BCUT2D eigenvalue weighted by atomic mass is 9.48. The van der Waals surface area contributed by atoms with Gasteiger partial charge in [-0.05, 0) is 83.7 Å². The van der Waals surface area contributed by atoms with Crippen molar-refractivity contribution in [3.05, 3.63) is 59.2 Å². The third-order valence-corrected chi connectivity index (χ3v) is 9.44. The SMILES string of the molecule is CO[C@@]12CC[C@H](N[C@@H](Cc3ccccc3)C(=O)OC(C)(C)C)[C@@H]3Oc4c(O)ccc5c4[C@@]31CCN(C)C2C5. The number of aromatic hydroxyl groups is 1. The maximum atomic E-state index is 13.5. The van der Waals surface area contributed by atoms with Gasteiger partial charge in [0.2, 0.25) is 0 Å². The first-order valence-corrected chi connectivity index (χ1v) is 13.9. The summed E-state index contributed by atoms with van der Waals surface area (Å²) in [6.45, 7) is 6.63. The van der Waals surface area contributed by atoms with Gasteiger partial charge in [0.1, 0.15) is 17.7 Å². The summed E-state index contributed by atoms with van der Waals surface area (Å²) in [6, 6.07) is 13.5. The monoisotopic (exact) mass is 520 g/mol. The van der Waals surface area contributed by atoms with Crippen molar-refractivity contribution in [3.8, 4) is 11.5 Å². The normalized spacial score (nSPS) is 32.3. The van der Waals surface area contributed by atoms with E-state index in [0.29, 0.717) is 12.2 Å². The minimum absolute atomic E-state index is 0.110. The molecule has 2 aliphatic carbocycles. The van der Waals surface area contributed by atoms with Crippen LogP contribution in [0.25, 0.3) is 0 Å². The number of ether oxygens (including phenoxy) is 3. The van der Waals surface area contributed by atoms with Crippen LogP contribution in [0.3, 0.4) is 0 Å². The molecule has 6 atom stereocenters. The molecule has 7 nitrogen and oxygen atoms in total. The van der Waals surface area contributed by atoms with Gasteiger partial charge >= 0.3 is 5.97 Å². The van der Waals surface area contributed by atoms with Gasteiger partial charge in [-0.15, -0.1) is 0 Å². The Hall–Kier alpha value is -2.61. The number of nitrogens with one attached hydrogen (secondary N) is 1. The Bertz CT molecular complexity index is 1230. The minimum atomic E-state index is -0.588. The van der Waals surface area contributed by atoms with Gasteiger partial charge < -0.3 is 24.2 Å². The van der Waals surface area contributed by atoms with Gasteiger partial charge in [-0.2, -0.15) is 0 Å². The number of benzene rings is 2. The first kappa shape index (κ1) is 25.7. The number of hydrogen-bond acceptors (Lipinski definition) is 7. The molecule has 2 fully saturated rings. The number of phenols is 1. The summed E-state index contributed by atoms with van der Waals surface area (Å²) in [5.41, 5.74) is 2.02. The van der Waals surface area contributed by atoms with Gasteiger partial charge in [-0.25, -0.2) is 0 Å². The molecular weight excluding hydrogens is 480 g/mol. The first-order valence-electron chi connectivity index (χ1n) is 13.9. The zero-order valence-electron chi connectivity index (χ0n) is 23.1. The van der Waals surface area contributed by atoms with E-state index in [0.717, 1.165) is 43.4 Å². The fourth-order valence-electron chi connectivity index (χ4n) is 8.00. The van der Waals surface area contributed by atoms with Crippen molar-refractivity contribution in [3.63, 3.8) is 0 Å². The number of hydrogen-bond donors (Lipinski definition) is 2. The number of piperidine rings is 1. The molecule has 1 saturated heterocycles.